The fourth-order valence-electron chi connectivity index (χ4n) is 4.77. The quantitative estimate of drug-likeness (QED) is 0.157. The van der Waals surface area contributed by atoms with E-state index >= 15 is 0 Å². The van der Waals surface area contributed by atoms with Gasteiger partial charge in [-0.2, -0.15) is 0 Å². The van der Waals surface area contributed by atoms with Crippen molar-refractivity contribution in [2.45, 2.75) is 43.2 Å². The summed E-state index contributed by atoms with van der Waals surface area (Å²) < 4.78 is 20.1. The van der Waals surface area contributed by atoms with Gasteiger partial charge in [-0.25, -0.2) is 9.78 Å². The molecular weight excluding hydrogens is 550 g/mol. The Hall–Kier alpha value is -3.89. The van der Waals surface area contributed by atoms with Crippen molar-refractivity contribution in [3.8, 4) is 11.1 Å². The smallest absolute Gasteiger partial charge is 0.407 e. The predicted octanol–water partition coefficient (Wildman–Crippen LogP) is 6.33. The summed E-state index contributed by atoms with van der Waals surface area (Å²) in [5, 5.41) is 13.2. The van der Waals surface area contributed by atoms with Gasteiger partial charge in [-0.3, -0.25) is 0 Å². The Bertz CT molecular complexity index is 1490. The van der Waals surface area contributed by atoms with Gasteiger partial charge in [0.25, 0.3) is 0 Å². The van der Waals surface area contributed by atoms with Crippen molar-refractivity contribution in [3.05, 3.63) is 120 Å². The Morgan fingerprint density at radius 3 is 2.62 bits per heavy atom. The molecule has 4 aromatic rings. The van der Waals surface area contributed by atoms with Gasteiger partial charge in [0.1, 0.15) is 6.61 Å². The van der Waals surface area contributed by atoms with Crippen LogP contribution in [0.15, 0.2) is 103 Å². The molecular formula is C33H35N3O5S. The minimum absolute atomic E-state index is 0.00389. The SMILES string of the molecule is C=CCOC(=O)NCc1cccc(-c2cccc(C3OC(CSc4nccn4C)CC(c4ccc(CO)cc4)O3)c2)c1. The molecule has 42 heavy (non-hydrogen) atoms. The van der Waals surface area contributed by atoms with E-state index in [-0.39, 0.29) is 25.4 Å². The van der Waals surface area contributed by atoms with Crippen molar-refractivity contribution in [2.75, 3.05) is 12.4 Å². The third kappa shape index (κ3) is 7.68. The molecule has 0 saturated carbocycles. The van der Waals surface area contributed by atoms with Crippen LogP contribution < -0.4 is 5.32 Å². The third-order valence-corrected chi connectivity index (χ3v) is 8.17. The second-order valence-corrected chi connectivity index (χ2v) is 11.0. The van der Waals surface area contributed by atoms with Crippen LogP contribution in [0, 0.1) is 0 Å². The van der Waals surface area contributed by atoms with Crippen LogP contribution in [0.4, 0.5) is 4.79 Å². The van der Waals surface area contributed by atoms with E-state index in [1.165, 1.54) is 6.08 Å². The monoisotopic (exact) mass is 585 g/mol. The lowest BCUT2D eigenvalue weighted by atomic mass is 9.99. The first-order chi connectivity index (χ1) is 20.5. The lowest BCUT2D eigenvalue weighted by Crippen LogP contribution is -2.31. The van der Waals surface area contributed by atoms with E-state index in [9.17, 15) is 9.90 Å². The molecule has 1 amide bonds. The maximum Gasteiger partial charge on any atom is 0.407 e. The number of aryl methyl sites for hydroxylation is 1. The number of aromatic nitrogens is 2. The van der Waals surface area contributed by atoms with Crippen LogP contribution in [0.2, 0.25) is 0 Å². The van der Waals surface area contributed by atoms with Gasteiger partial charge in [-0.05, 0) is 39.9 Å². The number of thioether (sulfide) groups is 1. The van der Waals surface area contributed by atoms with E-state index in [0.717, 1.165) is 44.3 Å². The molecule has 0 aliphatic carbocycles. The minimum Gasteiger partial charge on any atom is -0.445 e. The summed E-state index contributed by atoms with van der Waals surface area (Å²) in [5.41, 5.74) is 5.83. The van der Waals surface area contributed by atoms with Crippen LogP contribution in [-0.4, -0.2) is 39.2 Å². The number of ether oxygens (including phenoxy) is 3. The van der Waals surface area contributed by atoms with Crippen LogP contribution in [0.25, 0.3) is 11.1 Å². The zero-order valence-electron chi connectivity index (χ0n) is 23.5. The van der Waals surface area contributed by atoms with Crippen LogP contribution >= 0.6 is 11.8 Å². The summed E-state index contributed by atoms with van der Waals surface area (Å²) >= 11 is 1.67. The van der Waals surface area contributed by atoms with Crippen LogP contribution in [0.1, 0.15) is 41.1 Å². The van der Waals surface area contributed by atoms with Gasteiger partial charge in [-0.1, -0.05) is 85.1 Å². The Morgan fingerprint density at radius 2 is 1.88 bits per heavy atom. The lowest BCUT2D eigenvalue weighted by Gasteiger charge is -2.36. The fraction of sp³-hybridized carbons (Fsp3) is 0.273. The zero-order valence-corrected chi connectivity index (χ0v) is 24.3. The van der Waals surface area contributed by atoms with Gasteiger partial charge in [0.15, 0.2) is 11.4 Å². The number of alkyl carbamates (subject to hydrolysis) is 1. The largest absolute Gasteiger partial charge is 0.445 e. The molecule has 1 fully saturated rings. The molecule has 8 nitrogen and oxygen atoms in total. The molecule has 2 N–H and O–H groups in total. The molecule has 9 heteroatoms. The van der Waals surface area contributed by atoms with Gasteiger partial charge >= 0.3 is 6.09 Å². The van der Waals surface area contributed by atoms with Gasteiger partial charge in [0, 0.05) is 43.7 Å². The Balaban J connectivity index is 1.34. The summed E-state index contributed by atoms with van der Waals surface area (Å²) in [7, 11) is 1.99. The van der Waals surface area contributed by atoms with Crippen LogP contribution in [-0.2, 0) is 34.4 Å². The predicted molar refractivity (Wildman–Crippen MR) is 163 cm³/mol. The molecule has 5 rings (SSSR count). The number of hydrogen-bond acceptors (Lipinski definition) is 7. The first-order valence-electron chi connectivity index (χ1n) is 13.8. The molecule has 1 aromatic heterocycles. The van der Waals surface area contributed by atoms with Gasteiger partial charge < -0.3 is 29.2 Å². The highest BCUT2D eigenvalue weighted by atomic mass is 32.2. The first kappa shape index (κ1) is 29.6. The number of benzene rings is 3. The highest BCUT2D eigenvalue weighted by molar-refractivity contribution is 7.99. The summed E-state index contributed by atoms with van der Waals surface area (Å²) in [4.78, 5) is 16.3. The maximum absolute atomic E-state index is 11.8. The molecule has 3 atom stereocenters. The number of nitrogens with zero attached hydrogens (tertiary/aromatic N) is 2. The minimum atomic E-state index is -0.558. The van der Waals surface area contributed by atoms with Crippen LogP contribution in [0.5, 0.6) is 0 Å². The molecule has 0 bridgehead atoms. The summed E-state index contributed by atoms with van der Waals surface area (Å²) in [6.45, 7) is 4.08. The number of aliphatic hydroxyl groups is 1. The van der Waals surface area contributed by atoms with Crippen molar-refractivity contribution in [3.63, 3.8) is 0 Å². The lowest BCUT2D eigenvalue weighted by molar-refractivity contribution is -0.245. The highest BCUT2D eigenvalue weighted by Gasteiger charge is 2.32. The molecule has 0 radical (unpaired) electrons. The number of hydrogen-bond donors (Lipinski definition) is 2. The number of carbonyl (C=O) groups excluding carboxylic acids is 1. The Kier molecular flexibility index (Phi) is 10.1. The van der Waals surface area contributed by atoms with Crippen molar-refractivity contribution in [1.82, 2.24) is 14.9 Å². The van der Waals surface area contributed by atoms with E-state index in [0.29, 0.717) is 13.0 Å². The Labute approximate surface area is 250 Å². The Morgan fingerprint density at radius 1 is 1.10 bits per heavy atom. The summed E-state index contributed by atoms with van der Waals surface area (Å²) in [6, 6.07) is 24.1. The first-order valence-corrected chi connectivity index (χ1v) is 14.8. The molecule has 0 spiro atoms. The van der Waals surface area contributed by atoms with Crippen molar-refractivity contribution in [2.24, 2.45) is 7.05 Å². The number of aliphatic hydroxyl groups excluding tert-OH is 1. The molecule has 2 heterocycles. The topological polar surface area (TPSA) is 94.8 Å². The zero-order chi connectivity index (χ0) is 29.3. The number of nitrogens with one attached hydrogen (secondary N) is 1. The average molecular weight is 586 g/mol. The second-order valence-electron chi connectivity index (χ2n) is 10.0. The molecule has 218 valence electrons. The van der Waals surface area contributed by atoms with E-state index in [4.69, 9.17) is 14.2 Å². The van der Waals surface area contributed by atoms with Crippen LogP contribution in [0.3, 0.4) is 0 Å². The van der Waals surface area contributed by atoms with Gasteiger partial charge in [0.05, 0.1) is 18.8 Å². The average Bonchev–Trinajstić information content (AvgIpc) is 3.46. The molecule has 1 aliphatic heterocycles. The molecule has 1 saturated heterocycles. The molecule has 3 unspecified atom stereocenters. The van der Waals surface area contributed by atoms with Gasteiger partial charge in [0.2, 0.25) is 0 Å². The van der Waals surface area contributed by atoms with Crippen molar-refractivity contribution < 1.29 is 24.1 Å². The second kappa shape index (κ2) is 14.3. The van der Waals surface area contributed by atoms with E-state index < -0.39 is 12.4 Å². The third-order valence-electron chi connectivity index (χ3n) is 6.98. The van der Waals surface area contributed by atoms with Gasteiger partial charge in [-0.15, -0.1) is 0 Å². The molecule has 1 aliphatic rings. The summed E-state index contributed by atoms with van der Waals surface area (Å²) in [5.74, 6) is 0.736. The fourth-order valence-corrected chi connectivity index (χ4v) is 5.72. The van der Waals surface area contributed by atoms with E-state index in [2.05, 4.69) is 29.0 Å². The number of amides is 1. The number of imidazole rings is 1. The molecule has 3 aromatic carbocycles. The standard InChI is InChI=1S/C33H35N3O5S/c1-3-16-39-33(38)35-20-24-6-4-7-26(17-24)27-8-5-9-28(18-27)31-40-29(22-42-32-34-14-15-36(32)2)19-30(41-31)25-12-10-23(21-37)11-13-25/h3-15,17-18,29-31,37H,1,16,19-22H2,2H3,(H,35,38). The van der Waals surface area contributed by atoms with E-state index in [1.807, 2.05) is 78.5 Å². The number of carbonyl (C=O) groups is 1. The summed E-state index contributed by atoms with van der Waals surface area (Å²) in [6.07, 6.45) is 4.70. The van der Waals surface area contributed by atoms with E-state index in [1.54, 1.807) is 18.0 Å². The van der Waals surface area contributed by atoms with Crippen molar-refractivity contribution in [1.29, 1.82) is 0 Å². The normalized spacial score (nSPS) is 18.4. The maximum atomic E-state index is 11.8. The number of rotatable bonds is 11. The van der Waals surface area contributed by atoms with Crippen molar-refractivity contribution >= 4 is 17.9 Å². The highest BCUT2D eigenvalue weighted by Crippen LogP contribution is 2.40.